The average Bonchev–Trinajstić information content (AvgIpc) is 2.85. The van der Waals surface area contributed by atoms with Crippen LogP contribution in [0.3, 0.4) is 0 Å². The summed E-state index contributed by atoms with van der Waals surface area (Å²) in [5.74, 6) is 0.789. The van der Waals surface area contributed by atoms with Crippen LogP contribution in [0.15, 0.2) is 102 Å². The highest BCUT2D eigenvalue weighted by molar-refractivity contribution is 6.14. The number of carbonyl (C=O) groups excluding carboxylic acids is 1. The molecular formula is C28H21FN2O2. The molecule has 0 bridgehead atoms. The van der Waals surface area contributed by atoms with Crippen LogP contribution in [-0.4, -0.2) is 18.2 Å². The van der Waals surface area contributed by atoms with Crippen LogP contribution in [0.2, 0.25) is 0 Å². The zero-order chi connectivity index (χ0) is 22.6. The summed E-state index contributed by atoms with van der Waals surface area (Å²) < 4.78 is 19.6. The average molecular weight is 436 g/mol. The topological polar surface area (TPSA) is 50.7 Å². The van der Waals surface area contributed by atoms with Crippen molar-refractivity contribution in [3.8, 4) is 11.5 Å². The van der Waals surface area contributed by atoms with E-state index in [1.807, 2.05) is 66.7 Å². The molecule has 0 saturated carbocycles. The van der Waals surface area contributed by atoms with E-state index in [2.05, 4.69) is 10.3 Å². The fourth-order valence-corrected chi connectivity index (χ4v) is 3.85. The number of para-hydroxylation sites is 1. The third-order valence-electron chi connectivity index (χ3n) is 5.47. The Morgan fingerprint density at radius 1 is 0.848 bits per heavy atom. The Labute approximate surface area is 191 Å². The lowest BCUT2D eigenvalue weighted by Gasteiger charge is -2.17. The molecular weight excluding hydrogens is 415 g/mol. The quantitative estimate of drug-likeness (QED) is 0.401. The summed E-state index contributed by atoms with van der Waals surface area (Å²) in [7, 11) is 0. The molecule has 0 unspecified atom stereocenters. The fraction of sp³-hybridized carbons (Fsp3) is 0.0714. The molecule has 1 aliphatic rings. The number of hydrogen-bond acceptors (Lipinski definition) is 3. The van der Waals surface area contributed by atoms with Gasteiger partial charge in [-0.1, -0.05) is 42.5 Å². The molecule has 0 atom stereocenters. The van der Waals surface area contributed by atoms with Gasteiger partial charge in [0, 0.05) is 28.9 Å². The molecule has 4 aromatic rings. The minimum Gasteiger partial charge on any atom is -0.457 e. The van der Waals surface area contributed by atoms with Gasteiger partial charge in [0.05, 0.1) is 5.71 Å². The monoisotopic (exact) mass is 436 g/mol. The van der Waals surface area contributed by atoms with Gasteiger partial charge in [0.15, 0.2) is 0 Å². The summed E-state index contributed by atoms with van der Waals surface area (Å²) in [6, 6.07) is 28.7. The highest BCUT2D eigenvalue weighted by atomic mass is 19.1. The number of hydrogen-bond donors (Lipinski definition) is 1. The Balaban J connectivity index is 1.30. The molecule has 1 amide bonds. The number of anilines is 1. The predicted molar refractivity (Wildman–Crippen MR) is 128 cm³/mol. The SMILES string of the molecule is O=C(Nc1ccc(C2=NCCc3ccc(F)cc32)cc1)c1cccc(Oc2ccccc2)c1. The number of fused-ring (bicyclic) bond motifs is 1. The van der Waals surface area contributed by atoms with Crippen LogP contribution in [0.1, 0.15) is 27.0 Å². The molecule has 0 saturated heterocycles. The van der Waals surface area contributed by atoms with Gasteiger partial charge < -0.3 is 10.1 Å². The third-order valence-corrected chi connectivity index (χ3v) is 5.47. The number of nitrogens with zero attached hydrogens (tertiary/aromatic N) is 1. The van der Waals surface area contributed by atoms with Crippen molar-refractivity contribution in [1.29, 1.82) is 0 Å². The second kappa shape index (κ2) is 9.09. The first-order chi connectivity index (χ1) is 16.2. The molecule has 5 rings (SSSR count). The molecule has 33 heavy (non-hydrogen) atoms. The molecule has 1 heterocycles. The van der Waals surface area contributed by atoms with Gasteiger partial charge in [-0.2, -0.15) is 0 Å². The van der Waals surface area contributed by atoms with Crippen molar-refractivity contribution in [3.63, 3.8) is 0 Å². The van der Waals surface area contributed by atoms with Crippen LogP contribution in [0.4, 0.5) is 10.1 Å². The minimum atomic E-state index is -0.272. The van der Waals surface area contributed by atoms with Gasteiger partial charge in [-0.05, 0) is 66.6 Å². The predicted octanol–water partition coefficient (Wildman–Crippen LogP) is 6.26. The van der Waals surface area contributed by atoms with Gasteiger partial charge >= 0.3 is 0 Å². The standard InChI is InChI=1S/C28H21FN2O2/c29-22-12-9-19-15-16-30-27(26(19)18-22)20-10-13-23(14-11-20)31-28(32)21-5-4-8-25(17-21)33-24-6-2-1-3-7-24/h1-14,17-18H,15-16H2,(H,31,32). The van der Waals surface area contributed by atoms with Crippen LogP contribution >= 0.6 is 0 Å². The highest BCUT2D eigenvalue weighted by Crippen LogP contribution is 2.24. The minimum absolute atomic E-state index is 0.233. The number of ether oxygens (including phenoxy) is 1. The zero-order valence-electron chi connectivity index (χ0n) is 17.8. The fourth-order valence-electron chi connectivity index (χ4n) is 3.85. The Morgan fingerprint density at radius 2 is 1.64 bits per heavy atom. The lowest BCUT2D eigenvalue weighted by Crippen LogP contribution is -2.15. The third kappa shape index (κ3) is 4.67. The lowest BCUT2D eigenvalue weighted by molar-refractivity contribution is 0.102. The van der Waals surface area contributed by atoms with E-state index in [0.717, 1.165) is 28.8 Å². The summed E-state index contributed by atoms with van der Waals surface area (Å²) in [4.78, 5) is 17.4. The Kier molecular flexibility index (Phi) is 5.68. The number of nitrogens with one attached hydrogen (secondary N) is 1. The maximum atomic E-state index is 13.8. The zero-order valence-corrected chi connectivity index (χ0v) is 17.8. The number of amides is 1. The summed E-state index contributed by atoms with van der Waals surface area (Å²) in [6.45, 7) is 0.674. The van der Waals surface area contributed by atoms with Gasteiger partial charge in [0.2, 0.25) is 0 Å². The smallest absolute Gasteiger partial charge is 0.255 e. The number of halogens is 1. The molecule has 0 aliphatic carbocycles. The highest BCUT2D eigenvalue weighted by Gasteiger charge is 2.17. The molecule has 0 aromatic heterocycles. The van der Waals surface area contributed by atoms with Crippen molar-refractivity contribution in [3.05, 3.63) is 125 Å². The van der Waals surface area contributed by atoms with E-state index >= 15 is 0 Å². The Morgan fingerprint density at radius 3 is 2.45 bits per heavy atom. The van der Waals surface area contributed by atoms with Crippen molar-refractivity contribution in [2.75, 3.05) is 11.9 Å². The van der Waals surface area contributed by atoms with Crippen LogP contribution in [0, 0.1) is 5.82 Å². The molecule has 0 fully saturated rings. The van der Waals surface area contributed by atoms with Crippen LogP contribution in [0.5, 0.6) is 11.5 Å². The molecule has 0 spiro atoms. The molecule has 5 heteroatoms. The maximum absolute atomic E-state index is 13.8. The van der Waals surface area contributed by atoms with E-state index in [0.29, 0.717) is 29.3 Å². The maximum Gasteiger partial charge on any atom is 0.255 e. The molecule has 162 valence electrons. The van der Waals surface area contributed by atoms with Crippen LogP contribution in [0.25, 0.3) is 0 Å². The number of carbonyl (C=O) groups is 1. The van der Waals surface area contributed by atoms with Crippen LogP contribution in [-0.2, 0) is 6.42 Å². The first-order valence-corrected chi connectivity index (χ1v) is 10.7. The Bertz CT molecular complexity index is 1330. The summed E-state index contributed by atoms with van der Waals surface area (Å²) in [6.07, 6.45) is 0.806. The van der Waals surface area contributed by atoms with Crippen molar-refractivity contribution < 1.29 is 13.9 Å². The van der Waals surface area contributed by atoms with Crippen molar-refractivity contribution in [2.24, 2.45) is 4.99 Å². The molecule has 1 aliphatic heterocycles. The molecule has 4 aromatic carbocycles. The first kappa shape index (κ1) is 20.6. The van der Waals surface area contributed by atoms with Crippen molar-refractivity contribution in [2.45, 2.75) is 6.42 Å². The largest absolute Gasteiger partial charge is 0.457 e. The van der Waals surface area contributed by atoms with Gasteiger partial charge in [0.25, 0.3) is 5.91 Å². The van der Waals surface area contributed by atoms with Crippen molar-refractivity contribution >= 4 is 17.3 Å². The van der Waals surface area contributed by atoms with E-state index < -0.39 is 0 Å². The Hall–Kier alpha value is -4.25. The number of benzene rings is 4. The summed E-state index contributed by atoms with van der Waals surface area (Å²) in [5.41, 5.74) is 4.74. The van der Waals surface area contributed by atoms with Gasteiger partial charge in [-0.3, -0.25) is 9.79 Å². The van der Waals surface area contributed by atoms with E-state index in [9.17, 15) is 9.18 Å². The van der Waals surface area contributed by atoms with E-state index in [4.69, 9.17) is 4.74 Å². The molecule has 0 radical (unpaired) electrons. The molecule has 4 nitrogen and oxygen atoms in total. The second-order valence-corrected chi connectivity index (χ2v) is 7.76. The van der Waals surface area contributed by atoms with E-state index in [1.165, 1.54) is 12.1 Å². The summed E-state index contributed by atoms with van der Waals surface area (Å²) in [5, 5.41) is 2.91. The van der Waals surface area contributed by atoms with Gasteiger partial charge in [0.1, 0.15) is 17.3 Å². The number of rotatable bonds is 5. The molecule has 1 N–H and O–H groups in total. The van der Waals surface area contributed by atoms with Gasteiger partial charge in [-0.25, -0.2) is 4.39 Å². The van der Waals surface area contributed by atoms with Crippen molar-refractivity contribution in [1.82, 2.24) is 0 Å². The van der Waals surface area contributed by atoms with E-state index in [-0.39, 0.29) is 11.7 Å². The van der Waals surface area contributed by atoms with Crippen LogP contribution < -0.4 is 10.1 Å². The van der Waals surface area contributed by atoms with E-state index in [1.54, 1.807) is 18.2 Å². The summed E-state index contributed by atoms with van der Waals surface area (Å²) >= 11 is 0. The normalized spacial score (nSPS) is 12.5. The number of aliphatic imine (C=N–C) groups is 1. The second-order valence-electron chi connectivity index (χ2n) is 7.76. The van der Waals surface area contributed by atoms with Gasteiger partial charge in [-0.15, -0.1) is 0 Å². The first-order valence-electron chi connectivity index (χ1n) is 10.7. The lowest BCUT2D eigenvalue weighted by atomic mass is 9.93.